The summed E-state index contributed by atoms with van der Waals surface area (Å²) in [4.78, 5) is 12.0. The molecule has 0 aliphatic carbocycles. The first kappa shape index (κ1) is 15.6. The molecule has 0 spiro atoms. The van der Waals surface area contributed by atoms with Crippen molar-refractivity contribution in [3.63, 3.8) is 0 Å². The summed E-state index contributed by atoms with van der Waals surface area (Å²) in [7, 11) is 1.49. The van der Waals surface area contributed by atoms with E-state index in [1.54, 1.807) is 6.07 Å². The number of methoxy groups -OCH3 is 1. The van der Waals surface area contributed by atoms with Crippen LogP contribution in [0.15, 0.2) is 12.1 Å². The molecule has 0 aromatic heterocycles. The maximum absolute atomic E-state index is 12.0. The Morgan fingerprint density at radius 1 is 1.37 bits per heavy atom. The summed E-state index contributed by atoms with van der Waals surface area (Å²) in [5.41, 5.74) is 6.44. The minimum Gasteiger partial charge on any atom is -0.496 e. The number of hydrogen-bond acceptors (Lipinski definition) is 4. The van der Waals surface area contributed by atoms with Crippen molar-refractivity contribution in [2.24, 2.45) is 0 Å². The van der Waals surface area contributed by atoms with Crippen molar-refractivity contribution in [1.82, 2.24) is 10.6 Å². The van der Waals surface area contributed by atoms with E-state index in [2.05, 4.69) is 17.6 Å². The van der Waals surface area contributed by atoms with Gasteiger partial charge in [-0.15, -0.1) is 0 Å². The van der Waals surface area contributed by atoms with Gasteiger partial charge in [-0.25, -0.2) is 0 Å². The van der Waals surface area contributed by atoms with Crippen LogP contribution in [-0.4, -0.2) is 32.7 Å². The second-order valence-electron chi connectivity index (χ2n) is 4.08. The van der Waals surface area contributed by atoms with Crippen molar-refractivity contribution in [3.05, 3.63) is 22.7 Å². The van der Waals surface area contributed by atoms with Crippen molar-refractivity contribution in [2.45, 2.75) is 13.3 Å². The first-order chi connectivity index (χ1) is 9.10. The molecule has 0 fully saturated rings. The Labute approximate surface area is 118 Å². The number of halogens is 1. The van der Waals surface area contributed by atoms with Gasteiger partial charge in [0.15, 0.2) is 0 Å². The van der Waals surface area contributed by atoms with Gasteiger partial charge in [0.1, 0.15) is 5.75 Å². The summed E-state index contributed by atoms with van der Waals surface area (Å²) in [6, 6.07) is 3.07. The van der Waals surface area contributed by atoms with Crippen LogP contribution in [0.4, 0.5) is 5.69 Å². The van der Waals surface area contributed by atoms with Gasteiger partial charge in [0.2, 0.25) is 0 Å². The number of amides is 1. The van der Waals surface area contributed by atoms with Crippen LogP contribution in [0, 0.1) is 0 Å². The van der Waals surface area contributed by atoms with Crippen LogP contribution in [0.5, 0.6) is 5.75 Å². The lowest BCUT2D eigenvalue weighted by atomic mass is 10.1. The smallest absolute Gasteiger partial charge is 0.255 e. The number of nitrogens with one attached hydrogen (secondary N) is 2. The number of carbonyl (C=O) groups is 1. The Hall–Kier alpha value is -1.46. The molecule has 0 atom stereocenters. The maximum Gasteiger partial charge on any atom is 0.255 e. The molecule has 106 valence electrons. The number of benzene rings is 1. The second kappa shape index (κ2) is 7.86. The lowest BCUT2D eigenvalue weighted by Crippen LogP contribution is -2.32. The summed E-state index contributed by atoms with van der Waals surface area (Å²) < 4.78 is 5.13. The number of rotatable bonds is 7. The average molecular weight is 286 g/mol. The molecule has 0 unspecified atom stereocenters. The van der Waals surface area contributed by atoms with Crippen molar-refractivity contribution in [3.8, 4) is 5.75 Å². The van der Waals surface area contributed by atoms with Gasteiger partial charge >= 0.3 is 0 Å². The van der Waals surface area contributed by atoms with Gasteiger partial charge in [-0.3, -0.25) is 4.79 Å². The van der Waals surface area contributed by atoms with Crippen LogP contribution in [0.1, 0.15) is 23.7 Å². The summed E-state index contributed by atoms with van der Waals surface area (Å²) in [5, 5.41) is 6.34. The predicted molar refractivity (Wildman–Crippen MR) is 77.9 cm³/mol. The van der Waals surface area contributed by atoms with Gasteiger partial charge in [-0.2, -0.15) is 0 Å². The lowest BCUT2D eigenvalue weighted by molar-refractivity contribution is 0.0951. The third-order valence-electron chi connectivity index (χ3n) is 2.58. The zero-order valence-corrected chi connectivity index (χ0v) is 12.0. The molecule has 0 aliphatic rings. The van der Waals surface area contributed by atoms with Crippen LogP contribution in [0.2, 0.25) is 5.02 Å². The first-order valence-electron chi connectivity index (χ1n) is 6.22. The molecule has 4 N–H and O–H groups in total. The molecule has 1 rings (SSSR count). The van der Waals surface area contributed by atoms with Crippen molar-refractivity contribution in [1.29, 1.82) is 0 Å². The van der Waals surface area contributed by atoms with Crippen molar-refractivity contribution in [2.75, 3.05) is 32.5 Å². The maximum atomic E-state index is 12.0. The predicted octanol–water partition coefficient (Wildman–Crippen LogP) is 1.66. The highest BCUT2D eigenvalue weighted by Crippen LogP contribution is 2.28. The summed E-state index contributed by atoms with van der Waals surface area (Å²) in [6.45, 7) is 4.30. The van der Waals surface area contributed by atoms with Gasteiger partial charge in [-0.1, -0.05) is 18.5 Å². The standard InChI is InChI=1S/C13H20ClN3O2/c1-3-4-16-5-6-17-13(18)9-7-10(14)11(15)8-12(9)19-2/h7-8,16H,3-6,15H2,1-2H3,(H,17,18). The van der Waals surface area contributed by atoms with E-state index in [9.17, 15) is 4.79 Å². The summed E-state index contributed by atoms with van der Waals surface area (Å²) in [6.07, 6.45) is 1.06. The molecule has 0 radical (unpaired) electrons. The lowest BCUT2D eigenvalue weighted by Gasteiger charge is -2.11. The van der Waals surface area contributed by atoms with Gasteiger partial charge < -0.3 is 21.1 Å². The van der Waals surface area contributed by atoms with Gasteiger partial charge in [-0.05, 0) is 19.0 Å². The molecule has 0 heterocycles. The number of nitrogens with two attached hydrogens (primary N) is 1. The van der Waals surface area contributed by atoms with E-state index in [1.807, 2.05) is 0 Å². The molecule has 5 nitrogen and oxygen atoms in total. The Balaban J connectivity index is 2.63. The molecule has 0 bridgehead atoms. The van der Waals surface area contributed by atoms with E-state index in [4.69, 9.17) is 22.1 Å². The molecule has 1 aromatic rings. The SMILES string of the molecule is CCCNCCNC(=O)c1cc(Cl)c(N)cc1OC. The zero-order chi connectivity index (χ0) is 14.3. The van der Waals surface area contributed by atoms with Crippen LogP contribution in [-0.2, 0) is 0 Å². The van der Waals surface area contributed by atoms with E-state index < -0.39 is 0 Å². The minimum absolute atomic E-state index is 0.225. The largest absolute Gasteiger partial charge is 0.496 e. The number of hydrogen-bond donors (Lipinski definition) is 3. The first-order valence-corrected chi connectivity index (χ1v) is 6.59. The fourth-order valence-electron chi connectivity index (χ4n) is 1.58. The van der Waals surface area contributed by atoms with E-state index >= 15 is 0 Å². The molecule has 6 heteroatoms. The number of anilines is 1. The quantitative estimate of drug-likeness (QED) is 0.526. The van der Waals surface area contributed by atoms with Crippen molar-refractivity contribution >= 4 is 23.2 Å². The Morgan fingerprint density at radius 3 is 2.74 bits per heavy atom. The second-order valence-corrected chi connectivity index (χ2v) is 4.49. The Bertz CT molecular complexity index is 438. The van der Waals surface area contributed by atoms with Crippen LogP contribution >= 0.6 is 11.6 Å². The van der Waals surface area contributed by atoms with E-state index in [-0.39, 0.29) is 5.91 Å². The topological polar surface area (TPSA) is 76.4 Å². The number of carbonyl (C=O) groups excluding carboxylic acids is 1. The zero-order valence-electron chi connectivity index (χ0n) is 11.3. The highest BCUT2D eigenvalue weighted by Gasteiger charge is 2.14. The molecule has 1 aromatic carbocycles. The van der Waals surface area contributed by atoms with Crippen LogP contribution in [0.3, 0.4) is 0 Å². The number of nitrogen functional groups attached to an aromatic ring is 1. The molecule has 19 heavy (non-hydrogen) atoms. The highest BCUT2D eigenvalue weighted by atomic mass is 35.5. The number of ether oxygens (including phenoxy) is 1. The van der Waals surface area contributed by atoms with Gasteiger partial charge in [0.05, 0.1) is 23.4 Å². The summed E-state index contributed by atoms with van der Waals surface area (Å²) in [5.74, 6) is 0.193. The van der Waals surface area contributed by atoms with Crippen LogP contribution in [0.25, 0.3) is 0 Å². The van der Waals surface area contributed by atoms with E-state index in [0.717, 1.165) is 19.5 Å². The molecule has 0 aliphatic heterocycles. The van der Waals surface area contributed by atoms with E-state index in [1.165, 1.54) is 13.2 Å². The molecule has 0 saturated heterocycles. The van der Waals surface area contributed by atoms with Crippen molar-refractivity contribution < 1.29 is 9.53 Å². The fraction of sp³-hybridized carbons (Fsp3) is 0.462. The average Bonchev–Trinajstić information content (AvgIpc) is 2.40. The fourth-order valence-corrected chi connectivity index (χ4v) is 1.74. The molecule has 1 amide bonds. The normalized spacial score (nSPS) is 10.3. The van der Waals surface area contributed by atoms with Gasteiger partial charge in [0, 0.05) is 19.2 Å². The highest BCUT2D eigenvalue weighted by molar-refractivity contribution is 6.33. The molecular weight excluding hydrogens is 266 g/mol. The monoisotopic (exact) mass is 285 g/mol. The third-order valence-corrected chi connectivity index (χ3v) is 2.90. The minimum atomic E-state index is -0.225. The molecule has 0 saturated carbocycles. The van der Waals surface area contributed by atoms with Gasteiger partial charge in [0.25, 0.3) is 5.91 Å². The van der Waals surface area contributed by atoms with E-state index in [0.29, 0.717) is 28.6 Å². The van der Waals surface area contributed by atoms with Crippen LogP contribution < -0.4 is 21.1 Å². The third kappa shape index (κ3) is 4.61. The Kier molecular flexibility index (Phi) is 6.45. The Morgan fingerprint density at radius 2 is 2.11 bits per heavy atom. The summed E-state index contributed by atoms with van der Waals surface area (Å²) >= 11 is 5.92. The molecular formula is C13H20ClN3O2.